The van der Waals surface area contributed by atoms with Gasteiger partial charge in [0.25, 0.3) is 5.91 Å². The predicted octanol–water partition coefficient (Wildman–Crippen LogP) is 2.56. The van der Waals surface area contributed by atoms with E-state index in [9.17, 15) is 9.59 Å². The van der Waals surface area contributed by atoms with Crippen LogP contribution >= 0.6 is 11.3 Å². The van der Waals surface area contributed by atoms with Gasteiger partial charge >= 0.3 is 0 Å². The molecule has 7 heteroatoms. The summed E-state index contributed by atoms with van der Waals surface area (Å²) in [6.07, 6.45) is 0.954. The van der Waals surface area contributed by atoms with Crippen LogP contribution in [-0.2, 0) is 4.79 Å². The minimum absolute atomic E-state index is 0.0247. The summed E-state index contributed by atoms with van der Waals surface area (Å²) in [5, 5.41) is 2.07. The van der Waals surface area contributed by atoms with Gasteiger partial charge < -0.3 is 19.3 Å². The summed E-state index contributed by atoms with van der Waals surface area (Å²) in [6.45, 7) is 2.53. The van der Waals surface area contributed by atoms with Gasteiger partial charge in [-0.15, -0.1) is 11.3 Å². The van der Waals surface area contributed by atoms with Gasteiger partial charge in [-0.2, -0.15) is 0 Å². The van der Waals surface area contributed by atoms with Crippen LogP contribution in [-0.4, -0.2) is 54.6 Å². The number of rotatable bonds is 3. The molecule has 2 fully saturated rings. The Morgan fingerprint density at radius 1 is 1.00 bits per heavy atom. The number of nitrogens with zero attached hydrogens (tertiary/aromatic N) is 2. The molecule has 1 aliphatic carbocycles. The number of fused-ring (bicyclic) bond motifs is 1. The highest BCUT2D eigenvalue weighted by Gasteiger charge is 2.46. The molecule has 1 aromatic carbocycles. The maximum Gasteiger partial charge on any atom is 0.254 e. The monoisotopic (exact) mass is 384 g/mol. The molecule has 140 valence electrons. The Hall–Kier alpha value is -2.54. The Morgan fingerprint density at radius 2 is 1.78 bits per heavy atom. The molecule has 27 heavy (non-hydrogen) atoms. The standard InChI is InChI=1S/C20H20N2O4S/c23-19(13-3-4-16-17(10-13)26-12-25-16)21-5-7-22(8-6-21)20(24)15-11-14(15)18-2-1-9-27-18/h1-4,9-10,14-15H,5-8,11-12H2/t14-,15-/m1/s1. The van der Waals surface area contributed by atoms with E-state index in [0.717, 1.165) is 6.42 Å². The summed E-state index contributed by atoms with van der Waals surface area (Å²) < 4.78 is 10.6. The van der Waals surface area contributed by atoms with E-state index in [4.69, 9.17) is 9.47 Å². The minimum Gasteiger partial charge on any atom is -0.454 e. The summed E-state index contributed by atoms with van der Waals surface area (Å²) in [4.78, 5) is 30.5. The number of benzene rings is 1. The summed E-state index contributed by atoms with van der Waals surface area (Å²) in [6, 6.07) is 9.43. The molecule has 2 amide bonds. The molecule has 0 spiro atoms. The zero-order chi connectivity index (χ0) is 18.4. The first-order chi connectivity index (χ1) is 13.2. The maximum absolute atomic E-state index is 12.8. The summed E-state index contributed by atoms with van der Waals surface area (Å²) >= 11 is 1.73. The van der Waals surface area contributed by atoms with Crippen LogP contribution < -0.4 is 9.47 Å². The van der Waals surface area contributed by atoms with Crippen molar-refractivity contribution in [1.82, 2.24) is 9.80 Å². The summed E-state index contributed by atoms with van der Waals surface area (Å²) in [5.41, 5.74) is 0.596. The van der Waals surface area contributed by atoms with Crippen LogP contribution in [0.15, 0.2) is 35.7 Å². The van der Waals surface area contributed by atoms with E-state index in [0.29, 0.717) is 49.2 Å². The van der Waals surface area contributed by atoms with Gasteiger partial charge in [-0.25, -0.2) is 0 Å². The average molecular weight is 384 g/mol. The highest BCUT2D eigenvalue weighted by Crippen LogP contribution is 2.50. The molecule has 0 unspecified atom stereocenters. The number of thiophene rings is 1. The molecular weight excluding hydrogens is 364 g/mol. The topological polar surface area (TPSA) is 59.1 Å². The molecule has 0 radical (unpaired) electrons. The molecule has 2 aromatic rings. The van der Waals surface area contributed by atoms with Crippen molar-refractivity contribution >= 4 is 23.2 Å². The molecule has 5 rings (SSSR count). The zero-order valence-electron chi connectivity index (χ0n) is 14.8. The zero-order valence-corrected chi connectivity index (χ0v) is 15.6. The van der Waals surface area contributed by atoms with Crippen molar-refractivity contribution in [3.8, 4) is 11.5 Å². The number of hydrogen-bond acceptors (Lipinski definition) is 5. The van der Waals surface area contributed by atoms with Gasteiger partial charge in [0, 0.05) is 48.5 Å². The lowest BCUT2D eigenvalue weighted by Crippen LogP contribution is -2.51. The van der Waals surface area contributed by atoms with E-state index in [-0.39, 0.29) is 24.5 Å². The Bertz CT molecular complexity index is 874. The van der Waals surface area contributed by atoms with E-state index < -0.39 is 0 Å². The Kier molecular flexibility index (Phi) is 4.04. The first-order valence-electron chi connectivity index (χ1n) is 9.22. The first kappa shape index (κ1) is 16.6. The molecule has 0 bridgehead atoms. The van der Waals surface area contributed by atoms with Crippen LogP contribution in [0, 0.1) is 5.92 Å². The highest BCUT2D eigenvalue weighted by molar-refractivity contribution is 7.10. The number of carbonyl (C=O) groups excluding carboxylic acids is 2. The van der Waals surface area contributed by atoms with Gasteiger partial charge in [0.1, 0.15) is 0 Å². The quantitative estimate of drug-likeness (QED) is 0.816. The van der Waals surface area contributed by atoms with Crippen LogP contribution in [0.1, 0.15) is 27.6 Å². The third-order valence-corrected chi connectivity index (χ3v) is 6.52. The number of piperazine rings is 1. The van der Waals surface area contributed by atoms with Crippen molar-refractivity contribution in [2.45, 2.75) is 12.3 Å². The predicted molar refractivity (Wildman–Crippen MR) is 100 cm³/mol. The maximum atomic E-state index is 12.8. The lowest BCUT2D eigenvalue weighted by atomic mass is 10.1. The normalized spacial score (nSPS) is 23.4. The van der Waals surface area contributed by atoms with Crippen LogP contribution in [0.25, 0.3) is 0 Å². The molecule has 1 aromatic heterocycles. The van der Waals surface area contributed by atoms with E-state index in [1.807, 2.05) is 15.9 Å². The molecule has 2 atom stereocenters. The highest BCUT2D eigenvalue weighted by atomic mass is 32.1. The SMILES string of the molecule is O=C(c1ccc2c(c1)OCO2)N1CCN(C(=O)[C@@H]2C[C@H]2c2cccs2)CC1. The first-order valence-corrected chi connectivity index (χ1v) is 10.1. The second-order valence-corrected chi connectivity index (χ2v) is 8.13. The van der Waals surface area contributed by atoms with Crippen molar-refractivity contribution < 1.29 is 19.1 Å². The molecule has 2 aliphatic heterocycles. The van der Waals surface area contributed by atoms with Gasteiger partial charge in [0.05, 0.1) is 0 Å². The van der Waals surface area contributed by atoms with E-state index in [1.54, 1.807) is 29.5 Å². The smallest absolute Gasteiger partial charge is 0.254 e. The fourth-order valence-electron chi connectivity index (χ4n) is 3.86. The van der Waals surface area contributed by atoms with Gasteiger partial charge in [-0.3, -0.25) is 9.59 Å². The van der Waals surface area contributed by atoms with Crippen LogP contribution in [0.4, 0.5) is 0 Å². The summed E-state index contributed by atoms with van der Waals surface area (Å²) in [5.74, 6) is 2.02. The van der Waals surface area contributed by atoms with Crippen LogP contribution in [0.5, 0.6) is 11.5 Å². The molecule has 6 nitrogen and oxygen atoms in total. The lowest BCUT2D eigenvalue weighted by Gasteiger charge is -2.35. The van der Waals surface area contributed by atoms with Crippen molar-refractivity contribution in [3.63, 3.8) is 0 Å². The van der Waals surface area contributed by atoms with Gasteiger partial charge in [-0.1, -0.05) is 6.07 Å². The van der Waals surface area contributed by atoms with E-state index in [1.165, 1.54) is 4.88 Å². The van der Waals surface area contributed by atoms with Crippen molar-refractivity contribution in [1.29, 1.82) is 0 Å². The minimum atomic E-state index is -0.0247. The Balaban J connectivity index is 1.18. The third kappa shape index (κ3) is 3.06. The Labute approximate surface area is 161 Å². The fraction of sp³-hybridized carbons (Fsp3) is 0.400. The van der Waals surface area contributed by atoms with Gasteiger partial charge in [-0.05, 0) is 36.1 Å². The molecular formula is C20H20N2O4S. The molecule has 1 saturated heterocycles. The van der Waals surface area contributed by atoms with Gasteiger partial charge in [0.15, 0.2) is 11.5 Å². The lowest BCUT2D eigenvalue weighted by molar-refractivity contribution is -0.134. The second-order valence-electron chi connectivity index (χ2n) is 7.15. The summed E-state index contributed by atoms with van der Waals surface area (Å²) in [7, 11) is 0. The number of amides is 2. The molecule has 3 heterocycles. The van der Waals surface area contributed by atoms with Crippen LogP contribution in [0.3, 0.4) is 0 Å². The number of carbonyl (C=O) groups is 2. The van der Waals surface area contributed by atoms with Crippen molar-refractivity contribution in [2.24, 2.45) is 5.92 Å². The Morgan fingerprint density at radius 3 is 2.56 bits per heavy atom. The molecule has 1 saturated carbocycles. The van der Waals surface area contributed by atoms with Crippen molar-refractivity contribution in [2.75, 3.05) is 33.0 Å². The fourth-order valence-corrected chi connectivity index (χ4v) is 4.77. The van der Waals surface area contributed by atoms with E-state index in [2.05, 4.69) is 11.4 Å². The largest absolute Gasteiger partial charge is 0.454 e. The van der Waals surface area contributed by atoms with Crippen LogP contribution in [0.2, 0.25) is 0 Å². The second kappa shape index (κ2) is 6.56. The number of hydrogen-bond donors (Lipinski definition) is 0. The third-order valence-electron chi connectivity index (χ3n) is 5.51. The number of ether oxygens (including phenoxy) is 2. The molecule has 0 N–H and O–H groups in total. The molecule has 3 aliphatic rings. The van der Waals surface area contributed by atoms with E-state index >= 15 is 0 Å². The van der Waals surface area contributed by atoms with Crippen molar-refractivity contribution in [3.05, 3.63) is 46.2 Å². The van der Waals surface area contributed by atoms with Gasteiger partial charge in [0.2, 0.25) is 12.7 Å². The average Bonchev–Trinajstić information content (AvgIpc) is 3.10.